The summed E-state index contributed by atoms with van der Waals surface area (Å²) in [6, 6.07) is 0. The first kappa shape index (κ1) is 8.78. The summed E-state index contributed by atoms with van der Waals surface area (Å²) in [5.41, 5.74) is 0. The highest BCUT2D eigenvalue weighted by Crippen LogP contribution is 1.99. The van der Waals surface area contributed by atoms with Gasteiger partial charge in [0.1, 0.15) is 0 Å². The van der Waals surface area contributed by atoms with Gasteiger partial charge in [0.05, 0.1) is 0 Å². The lowest BCUT2D eigenvalue weighted by atomic mass is 10.8. The third-order valence-corrected chi connectivity index (χ3v) is 1.53. The summed E-state index contributed by atoms with van der Waals surface area (Å²) < 4.78 is 0. The van der Waals surface area contributed by atoms with Gasteiger partial charge in [-0.05, 0) is 0 Å². The zero-order chi connectivity index (χ0) is 7.11. The van der Waals surface area contributed by atoms with E-state index in [1.165, 1.54) is 18.2 Å². The van der Waals surface area contributed by atoms with Gasteiger partial charge in [-0.1, -0.05) is 0 Å². The molecule has 0 spiro atoms. The SMILES string of the molecule is C1CSCN1.CC(=O)O. The number of carbonyl (C=O) groups is 1. The monoisotopic (exact) mass is 149 g/mol. The molecule has 1 heterocycles. The fourth-order valence-corrected chi connectivity index (χ4v) is 1.08. The van der Waals surface area contributed by atoms with Crippen molar-refractivity contribution in [1.29, 1.82) is 0 Å². The summed E-state index contributed by atoms with van der Waals surface area (Å²) in [5.74, 6) is 1.64. The Labute approximate surface area is 58.8 Å². The maximum absolute atomic E-state index is 9.00. The molecular formula is C5H11NO2S. The lowest BCUT2D eigenvalue weighted by Crippen LogP contribution is -2.04. The number of rotatable bonds is 0. The van der Waals surface area contributed by atoms with Gasteiger partial charge < -0.3 is 10.4 Å². The van der Waals surface area contributed by atoms with Crippen LogP contribution in [-0.4, -0.2) is 29.3 Å². The maximum atomic E-state index is 9.00. The predicted octanol–water partition coefficient (Wildman–Crippen LogP) is 0.371. The quantitative estimate of drug-likeness (QED) is 0.522. The Morgan fingerprint density at radius 2 is 2.33 bits per heavy atom. The van der Waals surface area contributed by atoms with Crippen LogP contribution in [0.1, 0.15) is 6.92 Å². The highest BCUT2D eigenvalue weighted by molar-refractivity contribution is 7.99. The van der Waals surface area contributed by atoms with Gasteiger partial charge >= 0.3 is 0 Å². The molecule has 0 radical (unpaired) electrons. The zero-order valence-corrected chi connectivity index (χ0v) is 6.20. The molecule has 3 nitrogen and oxygen atoms in total. The third-order valence-electron chi connectivity index (χ3n) is 0.627. The number of thioether (sulfide) groups is 1. The van der Waals surface area contributed by atoms with Crippen LogP contribution in [0, 0.1) is 0 Å². The molecule has 0 bridgehead atoms. The molecule has 0 aromatic rings. The van der Waals surface area contributed by atoms with E-state index in [2.05, 4.69) is 5.32 Å². The van der Waals surface area contributed by atoms with Crippen LogP contribution < -0.4 is 5.32 Å². The largest absolute Gasteiger partial charge is 0.481 e. The highest BCUT2D eigenvalue weighted by Gasteiger charge is 1.93. The Balaban J connectivity index is 0.000000148. The molecule has 0 aromatic carbocycles. The van der Waals surface area contributed by atoms with E-state index >= 15 is 0 Å². The Kier molecular flexibility index (Phi) is 5.76. The smallest absolute Gasteiger partial charge is 0.300 e. The van der Waals surface area contributed by atoms with Crippen molar-refractivity contribution in [1.82, 2.24) is 5.32 Å². The molecule has 4 heteroatoms. The standard InChI is InChI=1S/C3H7NS.C2H4O2/c1-2-5-3-4-1;1-2(3)4/h4H,1-3H2;1H3,(H,3,4). The molecule has 1 saturated heterocycles. The minimum Gasteiger partial charge on any atom is -0.481 e. The van der Waals surface area contributed by atoms with Gasteiger partial charge in [0.15, 0.2) is 0 Å². The van der Waals surface area contributed by atoms with Crippen molar-refractivity contribution in [3.05, 3.63) is 0 Å². The van der Waals surface area contributed by atoms with E-state index in [1.807, 2.05) is 11.8 Å². The van der Waals surface area contributed by atoms with Crippen LogP contribution in [0.2, 0.25) is 0 Å². The van der Waals surface area contributed by atoms with Gasteiger partial charge in [-0.2, -0.15) is 0 Å². The molecule has 0 aliphatic carbocycles. The summed E-state index contributed by atoms with van der Waals surface area (Å²) in [6.45, 7) is 2.30. The first-order valence-corrected chi connectivity index (χ1v) is 3.87. The Hall–Kier alpha value is -0.220. The second-order valence-electron chi connectivity index (χ2n) is 1.57. The molecular weight excluding hydrogens is 138 g/mol. The molecule has 0 aromatic heterocycles. The van der Waals surface area contributed by atoms with E-state index < -0.39 is 5.97 Å². The maximum Gasteiger partial charge on any atom is 0.300 e. The Morgan fingerprint density at radius 1 is 1.78 bits per heavy atom. The van der Waals surface area contributed by atoms with Crippen molar-refractivity contribution in [2.24, 2.45) is 0 Å². The van der Waals surface area contributed by atoms with E-state index in [-0.39, 0.29) is 0 Å². The number of hydrogen-bond acceptors (Lipinski definition) is 3. The molecule has 0 atom stereocenters. The molecule has 1 fully saturated rings. The van der Waals surface area contributed by atoms with Gasteiger partial charge in [0.25, 0.3) is 5.97 Å². The number of carboxylic acid groups (broad SMARTS) is 1. The Morgan fingerprint density at radius 3 is 2.44 bits per heavy atom. The summed E-state index contributed by atoms with van der Waals surface area (Å²) in [5, 5.41) is 10.6. The van der Waals surface area contributed by atoms with E-state index in [1.54, 1.807) is 0 Å². The summed E-state index contributed by atoms with van der Waals surface area (Å²) in [6.07, 6.45) is 0. The molecule has 0 amide bonds. The van der Waals surface area contributed by atoms with Gasteiger partial charge in [-0.15, -0.1) is 11.8 Å². The van der Waals surface area contributed by atoms with Gasteiger partial charge in [-0.25, -0.2) is 0 Å². The van der Waals surface area contributed by atoms with E-state index in [4.69, 9.17) is 9.90 Å². The summed E-state index contributed by atoms with van der Waals surface area (Å²) >= 11 is 1.96. The second-order valence-corrected chi connectivity index (χ2v) is 2.68. The Bertz CT molecular complexity index is 71.4. The minimum absolute atomic E-state index is 0.833. The van der Waals surface area contributed by atoms with Crippen LogP contribution in [0.4, 0.5) is 0 Å². The topological polar surface area (TPSA) is 49.3 Å². The fraction of sp³-hybridized carbons (Fsp3) is 0.800. The van der Waals surface area contributed by atoms with E-state index in [9.17, 15) is 0 Å². The van der Waals surface area contributed by atoms with Crippen LogP contribution >= 0.6 is 11.8 Å². The highest BCUT2D eigenvalue weighted by atomic mass is 32.2. The number of nitrogens with one attached hydrogen (secondary N) is 1. The number of carboxylic acids is 1. The average Bonchev–Trinajstić information content (AvgIpc) is 2.11. The zero-order valence-electron chi connectivity index (χ0n) is 5.39. The summed E-state index contributed by atoms with van der Waals surface area (Å²) in [7, 11) is 0. The van der Waals surface area contributed by atoms with Crippen molar-refractivity contribution in [2.45, 2.75) is 6.92 Å². The van der Waals surface area contributed by atoms with Crippen LogP contribution in [0.15, 0.2) is 0 Å². The van der Waals surface area contributed by atoms with Crippen LogP contribution in [0.5, 0.6) is 0 Å². The van der Waals surface area contributed by atoms with Gasteiger partial charge in [0, 0.05) is 25.1 Å². The first-order chi connectivity index (χ1) is 4.23. The van der Waals surface area contributed by atoms with Gasteiger partial charge in [-0.3, -0.25) is 4.79 Å². The second kappa shape index (κ2) is 5.91. The molecule has 9 heavy (non-hydrogen) atoms. The first-order valence-electron chi connectivity index (χ1n) is 2.71. The average molecular weight is 149 g/mol. The number of hydrogen-bond donors (Lipinski definition) is 2. The van der Waals surface area contributed by atoms with E-state index in [0.29, 0.717) is 0 Å². The summed E-state index contributed by atoms with van der Waals surface area (Å²) in [4.78, 5) is 9.00. The predicted molar refractivity (Wildman–Crippen MR) is 38.6 cm³/mol. The molecule has 0 unspecified atom stereocenters. The van der Waals surface area contributed by atoms with Crippen molar-refractivity contribution >= 4 is 17.7 Å². The van der Waals surface area contributed by atoms with E-state index in [0.717, 1.165) is 6.92 Å². The lowest BCUT2D eigenvalue weighted by Gasteiger charge is -1.74. The molecule has 0 saturated carbocycles. The van der Waals surface area contributed by atoms with Crippen LogP contribution in [0.25, 0.3) is 0 Å². The molecule has 1 aliphatic heterocycles. The van der Waals surface area contributed by atoms with Crippen LogP contribution in [-0.2, 0) is 4.79 Å². The normalized spacial score (nSPS) is 16.1. The molecule has 1 aliphatic rings. The van der Waals surface area contributed by atoms with Crippen LogP contribution in [0.3, 0.4) is 0 Å². The van der Waals surface area contributed by atoms with Crippen molar-refractivity contribution < 1.29 is 9.90 Å². The van der Waals surface area contributed by atoms with Gasteiger partial charge in [0.2, 0.25) is 0 Å². The number of aliphatic carboxylic acids is 1. The third kappa shape index (κ3) is 11.4. The van der Waals surface area contributed by atoms with Crippen molar-refractivity contribution in [3.8, 4) is 0 Å². The van der Waals surface area contributed by atoms with Crippen molar-refractivity contribution in [2.75, 3.05) is 18.2 Å². The fourth-order valence-electron chi connectivity index (χ4n) is 0.361. The van der Waals surface area contributed by atoms with Crippen molar-refractivity contribution in [3.63, 3.8) is 0 Å². The minimum atomic E-state index is -0.833. The molecule has 54 valence electrons. The lowest BCUT2D eigenvalue weighted by molar-refractivity contribution is -0.134. The molecule has 2 N–H and O–H groups in total. The molecule has 1 rings (SSSR count).